The Labute approximate surface area is 332 Å². The molecule has 10 heteroatoms. The van der Waals surface area contributed by atoms with Crippen LogP contribution in [0.15, 0.2) is 144 Å². The minimum atomic E-state index is -4.36. The highest BCUT2D eigenvalue weighted by Gasteiger charge is 2.30. The second-order valence-electron chi connectivity index (χ2n) is 13.9. The van der Waals surface area contributed by atoms with Gasteiger partial charge >= 0.3 is 0 Å². The summed E-state index contributed by atoms with van der Waals surface area (Å²) in [6, 6.07) is 41.4. The molecule has 0 heterocycles. The third-order valence-corrected chi connectivity index (χ3v) is 11.5. The lowest BCUT2D eigenvalue weighted by atomic mass is 9.97. The maximum atomic E-state index is 14.3. The van der Waals surface area contributed by atoms with E-state index in [9.17, 15) is 22.7 Å². The summed E-state index contributed by atoms with van der Waals surface area (Å²) >= 11 is 12.4. The highest BCUT2D eigenvalue weighted by Crippen LogP contribution is 2.37. The summed E-state index contributed by atoms with van der Waals surface area (Å²) in [6.45, 7) is 4.92. The van der Waals surface area contributed by atoms with Crippen molar-refractivity contribution in [1.82, 2.24) is 9.21 Å². The Balaban J connectivity index is 1.28. The first-order valence-corrected chi connectivity index (χ1v) is 20.1. The second-order valence-corrected chi connectivity index (χ2v) is 16.6. The van der Waals surface area contributed by atoms with Gasteiger partial charge in [0.25, 0.3) is 0 Å². The van der Waals surface area contributed by atoms with Crippen LogP contribution in [-0.4, -0.2) is 35.2 Å². The Morgan fingerprint density at radius 3 is 1.96 bits per heavy atom. The van der Waals surface area contributed by atoms with Crippen LogP contribution >= 0.6 is 23.2 Å². The van der Waals surface area contributed by atoms with E-state index in [1.807, 2.05) is 108 Å². The van der Waals surface area contributed by atoms with Crippen molar-refractivity contribution in [3.05, 3.63) is 178 Å². The number of carbonyl (C=O) groups is 1. The van der Waals surface area contributed by atoms with Gasteiger partial charge < -0.3 is 10.0 Å². The number of halogens is 3. The molecular formula is C45H41Cl2FN2O4S. The molecule has 0 bridgehead atoms. The zero-order valence-electron chi connectivity index (χ0n) is 30.5. The number of rotatable bonds is 14. The van der Waals surface area contributed by atoms with Crippen molar-refractivity contribution in [2.45, 2.75) is 44.8 Å². The van der Waals surface area contributed by atoms with Crippen LogP contribution in [0.2, 0.25) is 10.0 Å². The van der Waals surface area contributed by atoms with Crippen molar-refractivity contribution in [1.29, 1.82) is 0 Å². The summed E-state index contributed by atoms with van der Waals surface area (Å²) < 4.78 is 43.4. The van der Waals surface area contributed by atoms with Crippen LogP contribution in [0.5, 0.6) is 5.75 Å². The minimum Gasteiger partial charge on any atom is -0.505 e. The Bertz CT molecular complexity index is 2370. The van der Waals surface area contributed by atoms with E-state index in [1.54, 1.807) is 12.1 Å². The Morgan fingerprint density at radius 1 is 0.691 bits per heavy atom. The number of nitrogens with zero attached hydrogens (tertiary/aromatic N) is 2. The quantitative estimate of drug-likeness (QED) is 0.119. The van der Waals surface area contributed by atoms with Crippen molar-refractivity contribution in [2.24, 2.45) is 5.92 Å². The van der Waals surface area contributed by atoms with Gasteiger partial charge in [-0.15, -0.1) is 0 Å². The topological polar surface area (TPSA) is 77.9 Å². The van der Waals surface area contributed by atoms with E-state index >= 15 is 0 Å². The van der Waals surface area contributed by atoms with Crippen LogP contribution < -0.4 is 0 Å². The van der Waals surface area contributed by atoms with E-state index in [-0.39, 0.29) is 47.2 Å². The third-order valence-electron chi connectivity index (χ3n) is 9.21. The number of aromatic hydroxyl groups is 1. The molecule has 0 saturated heterocycles. The fourth-order valence-corrected chi connectivity index (χ4v) is 8.71. The molecule has 0 fully saturated rings. The number of carbonyl (C=O) groups excluding carboxylic acids is 1. The van der Waals surface area contributed by atoms with Crippen molar-refractivity contribution < 1.29 is 22.7 Å². The van der Waals surface area contributed by atoms with E-state index in [0.29, 0.717) is 24.2 Å². The molecule has 0 aliphatic heterocycles. The summed E-state index contributed by atoms with van der Waals surface area (Å²) in [5, 5.41) is 10.7. The summed E-state index contributed by atoms with van der Waals surface area (Å²) in [6.07, 6.45) is 0.231. The number of hydrogen-bond donors (Lipinski definition) is 1. The van der Waals surface area contributed by atoms with Gasteiger partial charge in [0.2, 0.25) is 15.9 Å². The highest BCUT2D eigenvalue weighted by atomic mass is 35.5. The van der Waals surface area contributed by atoms with Crippen LogP contribution in [0.1, 0.15) is 36.1 Å². The smallest absolute Gasteiger partial charge is 0.247 e. The normalized spacial score (nSPS) is 11.6. The van der Waals surface area contributed by atoms with Gasteiger partial charge in [0.1, 0.15) is 10.7 Å². The Kier molecular flexibility index (Phi) is 12.7. The largest absolute Gasteiger partial charge is 0.505 e. The van der Waals surface area contributed by atoms with Crippen molar-refractivity contribution >= 4 is 39.1 Å². The lowest BCUT2D eigenvalue weighted by Gasteiger charge is -2.26. The molecule has 0 unspecified atom stereocenters. The molecular weight excluding hydrogens is 754 g/mol. The number of amides is 1. The molecule has 6 aromatic carbocycles. The van der Waals surface area contributed by atoms with Crippen LogP contribution in [0.3, 0.4) is 0 Å². The van der Waals surface area contributed by atoms with Gasteiger partial charge in [0.15, 0.2) is 5.75 Å². The minimum absolute atomic E-state index is 0.0101. The molecule has 1 N–H and O–H groups in total. The zero-order valence-corrected chi connectivity index (χ0v) is 32.8. The molecule has 0 radical (unpaired) electrons. The van der Waals surface area contributed by atoms with E-state index in [4.69, 9.17) is 23.2 Å². The van der Waals surface area contributed by atoms with E-state index < -0.39 is 20.7 Å². The molecule has 0 atom stereocenters. The average Bonchev–Trinajstić information content (AvgIpc) is 3.17. The maximum Gasteiger partial charge on any atom is 0.247 e. The molecule has 0 aliphatic carbocycles. The molecule has 6 aromatic rings. The van der Waals surface area contributed by atoms with Crippen molar-refractivity contribution in [2.75, 3.05) is 6.54 Å². The predicted molar refractivity (Wildman–Crippen MR) is 219 cm³/mol. The summed E-state index contributed by atoms with van der Waals surface area (Å²) in [7, 11) is -4.36. The fraction of sp³-hybridized carbons (Fsp3) is 0.178. The molecule has 1 amide bonds. The molecule has 55 heavy (non-hydrogen) atoms. The van der Waals surface area contributed by atoms with Crippen molar-refractivity contribution in [3.63, 3.8) is 0 Å². The summed E-state index contributed by atoms with van der Waals surface area (Å²) in [4.78, 5) is 15.4. The fourth-order valence-electron chi connectivity index (χ4n) is 6.55. The molecule has 0 aromatic heterocycles. The standard InChI is InChI=1S/C45H41Cl2FN2O4S/c1-31(2)27-49(44(51)24-38-13-6-7-14-41(38)37-11-4-3-5-12-37)28-33-9-8-10-34(23-33)30-50(55(53,54)43-26-39(46)25-42(47)45(43)52)29-32-15-17-35(18-16-32)36-19-21-40(48)22-20-36/h3-23,25-26,31,52H,24,27-30H2,1-2H3. The maximum absolute atomic E-state index is 14.3. The number of sulfonamides is 1. The van der Waals surface area contributed by atoms with Crippen molar-refractivity contribution in [3.8, 4) is 28.0 Å². The molecule has 6 nitrogen and oxygen atoms in total. The van der Waals surface area contributed by atoms with Gasteiger partial charge in [-0.2, -0.15) is 4.31 Å². The number of phenolic OH excluding ortho intramolecular Hbond substituents is 1. The van der Waals surface area contributed by atoms with Crippen LogP contribution in [0, 0.1) is 11.7 Å². The van der Waals surface area contributed by atoms with Crippen LogP contribution in [0.4, 0.5) is 4.39 Å². The predicted octanol–water partition coefficient (Wildman–Crippen LogP) is 10.8. The van der Waals surface area contributed by atoms with Gasteiger partial charge in [-0.3, -0.25) is 4.79 Å². The Hall–Kier alpha value is -4.99. The van der Waals surface area contributed by atoms with E-state index in [1.165, 1.54) is 28.6 Å². The summed E-state index contributed by atoms with van der Waals surface area (Å²) in [5.74, 6) is -0.723. The van der Waals surface area contributed by atoms with Gasteiger partial charge in [0, 0.05) is 31.2 Å². The lowest BCUT2D eigenvalue weighted by Crippen LogP contribution is -2.35. The van der Waals surface area contributed by atoms with Gasteiger partial charge in [-0.25, -0.2) is 12.8 Å². The highest BCUT2D eigenvalue weighted by molar-refractivity contribution is 7.89. The first-order valence-electron chi connectivity index (χ1n) is 17.9. The van der Waals surface area contributed by atoms with Gasteiger partial charge in [0.05, 0.1) is 11.4 Å². The monoisotopic (exact) mass is 794 g/mol. The summed E-state index contributed by atoms with van der Waals surface area (Å²) in [5.41, 5.74) is 6.87. The second kappa shape index (κ2) is 17.6. The van der Waals surface area contributed by atoms with Gasteiger partial charge in [-0.05, 0) is 74.7 Å². The first kappa shape index (κ1) is 39.7. The number of benzene rings is 6. The van der Waals surface area contributed by atoms with E-state index in [2.05, 4.69) is 13.8 Å². The third kappa shape index (κ3) is 10.0. The van der Waals surface area contributed by atoms with Crippen LogP contribution in [-0.2, 0) is 40.9 Å². The number of phenols is 1. The Morgan fingerprint density at radius 2 is 1.29 bits per heavy atom. The first-order chi connectivity index (χ1) is 26.4. The van der Waals surface area contributed by atoms with Gasteiger partial charge in [-0.1, -0.05) is 152 Å². The SMILES string of the molecule is CC(C)CN(Cc1cccc(CN(Cc2ccc(-c3ccc(F)cc3)cc2)S(=O)(=O)c2cc(Cl)cc(Cl)c2O)c1)C(=O)Cc1ccccc1-c1ccccc1. The molecule has 0 aliphatic rings. The van der Waals surface area contributed by atoms with Crippen LogP contribution in [0.25, 0.3) is 22.3 Å². The zero-order chi connectivity index (χ0) is 39.1. The molecule has 0 spiro atoms. The molecule has 282 valence electrons. The number of hydrogen-bond acceptors (Lipinski definition) is 4. The lowest BCUT2D eigenvalue weighted by molar-refractivity contribution is -0.131. The molecule has 0 saturated carbocycles. The van der Waals surface area contributed by atoms with E-state index in [0.717, 1.165) is 33.4 Å². The molecule has 6 rings (SSSR count). The average molecular weight is 796 g/mol.